The molecule has 0 fully saturated rings. The number of carbonyl (C=O) groups excluding carboxylic acids is 2. The highest BCUT2D eigenvalue weighted by Gasteiger charge is 2.32. The van der Waals surface area contributed by atoms with E-state index in [0.717, 1.165) is 27.6 Å². The fraction of sp³-hybridized carbons (Fsp3) is 0.259. The van der Waals surface area contributed by atoms with Crippen molar-refractivity contribution in [3.63, 3.8) is 0 Å². The van der Waals surface area contributed by atoms with Crippen molar-refractivity contribution in [3.05, 3.63) is 95.8 Å². The van der Waals surface area contributed by atoms with Gasteiger partial charge in [-0.3, -0.25) is 13.9 Å². The molecule has 0 saturated carbocycles. The van der Waals surface area contributed by atoms with Gasteiger partial charge in [-0.25, -0.2) is 12.8 Å². The molecule has 0 aromatic heterocycles. The molecule has 9 heteroatoms. The second-order valence-electron chi connectivity index (χ2n) is 8.38. The topological polar surface area (TPSA) is 86.8 Å². The lowest BCUT2D eigenvalue weighted by molar-refractivity contribution is -0.139. The van der Waals surface area contributed by atoms with Crippen molar-refractivity contribution in [2.24, 2.45) is 0 Å². The Morgan fingerprint density at radius 2 is 1.56 bits per heavy atom. The van der Waals surface area contributed by atoms with Gasteiger partial charge < -0.3 is 10.2 Å². The third-order valence-corrected chi connectivity index (χ3v) is 7.50. The van der Waals surface area contributed by atoms with E-state index >= 15 is 0 Å². The Labute approximate surface area is 211 Å². The molecule has 1 atom stereocenters. The average molecular weight is 512 g/mol. The van der Waals surface area contributed by atoms with Crippen LogP contribution in [-0.4, -0.2) is 44.3 Å². The van der Waals surface area contributed by atoms with E-state index in [-0.39, 0.29) is 23.0 Å². The van der Waals surface area contributed by atoms with Crippen LogP contribution in [0.1, 0.15) is 25.0 Å². The Balaban J connectivity index is 2.00. The molecule has 0 saturated heterocycles. The SMILES string of the molecule is CCNC(=O)[C@H](C)N(Cc1ccc(C)cc1)C(=O)CN(c1ccc(F)cc1)S(=O)(=O)c1ccccc1. The Morgan fingerprint density at radius 3 is 2.14 bits per heavy atom. The average Bonchev–Trinajstić information content (AvgIpc) is 2.87. The third-order valence-electron chi connectivity index (χ3n) is 5.72. The summed E-state index contributed by atoms with van der Waals surface area (Å²) >= 11 is 0. The summed E-state index contributed by atoms with van der Waals surface area (Å²) in [5.41, 5.74) is 1.98. The number of carbonyl (C=O) groups is 2. The van der Waals surface area contributed by atoms with Gasteiger partial charge in [0.15, 0.2) is 0 Å². The molecule has 0 unspecified atom stereocenters. The number of amides is 2. The van der Waals surface area contributed by atoms with Crippen molar-refractivity contribution in [2.45, 2.75) is 38.3 Å². The summed E-state index contributed by atoms with van der Waals surface area (Å²) in [6.07, 6.45) is 0. The van der Waals surface area contributed by atoms with E-state index < -0.39 is 34.3 Å². The zero-order chi connectivity index (χ0) is 26.3. The van der Waals surface area contributed by atoms with Gasteiger partial charge in [0.2, 0.25) is 11.8 Å². The molecule has 0 aliphatic rings. The number of benzene rings is 3. The summed E-state index contributed by atoms with van der Waals surface area (Å²) in [4.78, 5) is 27.7. The van der Waals surface area contributed by atoms with E-state index in [1.807, 2.05) is 31.2 Å². The van der Waals surface area contributed by atoms with Crippen LogP contribution in [0, 0.1) is 12.7 Å². The van der Waals surface area contributed by atoms with Gasteiger partial charge in [-0.15, -0.1) is 0 Å². The molecular weight excluding hydrogens is 481 g/mol. The number of nitrogens with one attached hydrogen (secondary N) is 1. The van der Waals surface area contributed by atoms with E-state index in [9.17, 15) is 22.4 Å². The molecule has 0 aliphatic heterocycles. The Kier molecular flexibility index (Phi) is 8.82. The fourth-order valence-corrected chi connectivity index (χ4v) is 5.09. The molecule has 3 rings (SSSR count). The maximum absolute atomic E-state index is 13.7. The molecule has 2 amide bonds. The van der Waals surface area contributed by atoms with Gasteiger partial charge in [-0.2, -0.15) is 0 Å². The largest absolute Gasteiger partial charge is 0.355 e. The first-order chi connectivity index (χ1) is 17.1. The minimum atomic E-state index is -4.17. The smallest absolute Gasteiger partial charge is 0.264 e. The highest BCUT2D eigenvalue weighted by Crippen LogP contribution is 2.25. The number of halogens is 1. The first-order valence-electron chi connectivity index (χ1n) is 11.6. The Morgan fingerprint density at radius 1 is 0.944 bits per heavy atom. The maximum Gasteiger partial charge on any atom is 0.264 e. The summed E-state index contributed by atoms with van der Waals surface area (Å²) in [7, 11) is -4.17. The van der Waals surface area contributed by atoms with Crippen molar-refractivity contribution in [1.82, 2.24) is 10.2 Å². The molecule has 0 bridgehead atoms. The zero-order valence-corrected chi connectivity index (χ0v) is 21.3. The summed E-state index contributed by atoms with van der Waals surface area (Å²) in [6, 6.07) is 19.3. The van der Waals surface area contributed by atoms with Gasteiger partial charge in [0.25, 0.3) is 10.0 Å². The number of anilines is 1. The predicted octanol–water partition coefficient (Wildman–Crippen LogP) is 3.88. The molecule has 0 heterocycles. The molecule has 190 valence electrons. The second-order valence-corrected chi connectivity index (χ2v) is 10.2. The molecule has 7 nitrogen and oxygen atoms in total. The van der Waals surface area contributed by atoms with Gasteiger partial charge in [0.1, 0.15) is 18.4 Å². The number of hydrogen-bond acceptors (Lipinski definition) is 4. The van der Waals surface area contributed by atoms with Crippen LogP contribution in [0.5, 0.6) is 0 Å². The molecule has 0 aliphatic carbocycles. The van der Waals surface area contributed by atoms with Crippen molar-refractivity contribution < 1.29 is 22.4 Å². The van der Waals surface area contributed by atoms with Crippen LogP contribution >= 0.6 is 0 Å². The predicted molar refractivity (Wildman–Crippen MR) is 137 cm³/mol. The normalized spacial score (nSPS) is 12.0. The minimum absolute atomic E-state index is 0.0102. The van der Waals surface area contributed by atoms with E-state index in [1.54, 1.807) is 32.0 Å². The highest BCUT2D eigenvalue weighted by molar-refractivity contribution is 7.92. The summed E-state index contributed by atoms with van der Waals surface area (Å²) in [6.45, 7) is 5.25. The first-order valence-corrected chi connectivity index (χ1v) is 13.0. The van der Waals surface area contributed by atoms with E-state index in [2.05, 4.69) is 5.32 Å². The quantitative estimate of drug-likeness (QED) is 0.448. The van der Waals surface area contributed by atoms with Crippen molar-refractivity contribution in [1.29, 1.82) is 0 Å². The molecule has 3 aromatic carbocycles. The first kappa shape index (κ1) is 26.9. The highest BCUT2D eigenvalue weighted by atomic mass is 32.2. The van der Waals surface area contributed by atoms with Crippen LogP contribution in [0.15, 0.2) is 83.8 Å². The summed E-state index contributed by atoms with van der Waals surface area (Å²) in [5.74, 6) is -1.46. The lowest BCUT2D eigenvalue weighted by atomic mass is 10.1. The van der Waals surface area contributed by atoms with Crippen molar-refractivity contribution in [3.8, 4) is 0 Å². The third kappa shape index (κ3) is 6.48. The Hall–Kier alpha value is -3.72. The van der Waals surface area contributed by atoms with Crippen LogP contribution in [0.3, 0.4) is 0 Å². The monoisotopic (exact) mass is 511 g/mol. The van der Waals surface area contributed by atoms with E-state index in [0.29, 0.717) is 6.54 Å². The standard InChI is InChI=1S/C27H30FN3O4S/c1-4-29-27(33)21(3)30(18-22-12-10-20(2)11-13-22)26(32)19-31(24-16-14-23(28)15-17-24)36(34,35)25-8-6-5-7-9-25/h5-17,21H,4,18-19H2,1-3H3,(H,29,33)/t21-/m0/s1. The lowest BCUT2D eigenvalue weighted by Crippen LogP contribution is -2.51. The van der Waals surface area contributed by atoms with E-state index in [4.69, 9.17) is 0 Å². The number of rotatable bonds is 10. The van der Waals surface area contributed by atoms with Crippen LogP contribution in [0.4, 0.5) is 10.1 Å². The van der Waals surface area contributed by atoms with E-state index in [1.165, 1.54) is 29.2 Å². The minimum Gasteiger partial charge on any atom is -0.355 e. The van der Waals surface area contributed by atoms with Gasteiger partial charge in [0, 0.05) is 13.1 Å². The molecule has 3 aromatic rings. The van der Waals surface area contributed by atoms with Crippen LogP contribution in [-0.2, 0) is 26.2 Å². The van der Waals surface area contributed by atoms with Gasteiger partial charge in [0.05, 0.1) is 10.6 Å². The molecule has 36 heavy (non-hydrogen) atoms. The van der Waals surface area contributed by atoms with Gasteiger partial charge in [-0.05, 0) is 62.7 Å². The second kappa shape index (κ2) is 11.8. The molecule has 0 spiro atoms. The van der Waals surface area contributed by atoms with Gasteiger partial charge >= 0.3 is 0 Å². The van der Waals surface area contributed by atoms with Crippen LogP contribution in [0.25, 0.3) is 0 Å². The Bertz CT molecular complexity index is 1280. The van der Waals surface area contributed by atoms with Crippen molar-refractivity contribution >= 4 is 27.5 Å². The van der Waals surface area contributed by atoms with Crippen LogP contribution in [0.2, 0.25) is 0 Å². The number of sulfonamides is 1. The maximum atomic E-state index is 13.7. The molecular formula is C27H30FN3O4S. The number of likely N-dealkylation sites (N-methyl/N-ethyl adjacent to an activating group) is 1. The fourth-order valence-electron chi connectivity index (χ4n) is 3.65. The summed E-state index contributed by atoms with van der Waals surface area (Å²) in [5, 5.41) is 2.72. The van der Waals surface area contributed by atoms with Crippen LogP contribution < -0.4 is 9.62 Å². The number of nitrogens with zero attached hydrogens (tertiary/aromatic N) is 2. The van der Waals surface area contributed by atoms with Gasteiger partial charge in [-0.1, -0.05) is 48.0 Å². The number of aryl methyl sites for hydroxylation is 1. The number of hydrogen-bond donors (Lipinski definition) is 1. The molecule has 1 N–H and O–H groups in total. The lowest BCUT2D eigenvalue weighted by Gasteiger charge is -2.32. The molecule has 0 radical (unpaired) electrons. The van der Waals surface area contributed by atoms with Crippen molar-refractivity contribution in [2.75, 3.05) is 17.4 Å². The zero-order valence-electron chi connectivity index (χ0n) is 20.5. The summed E-state index contributed by atoms with van der Waals surface area (Å²) < 4.78 is 41.7.